The summed E-state index contributed by atoms with van der Waals surface area (Å²) in [5.41, 5.74) is 1.55. The van der Waals surface area contributed by atoms with Crippen molar-refractivity contribution in [2.75, 3.05) is 11.9 Å². The number of alkyl halides is 2. The Balaban J connectivity index is 1.69. The molecule has 3 rings (SSSR count). The van der Waals surface area contributed by atoms with Crippen LogP contribution in [0.3, 0.4) is 0 Å². The normalized spacial score (nSPS) is 21.0. The lowest BCUT2D eigenvalue weighted by Crippen LogP contribution is -2.44. The first kappa shape index (κ1) is 13.0. The monoisotopic (exact) mass is 284 g/mol. The number of nitrogens with one attached hydrogen (secondary N) is 1. The number of carboxylic acid groups (broad SMARTS) is 1. The van der Waals surface area contributed by atoms with E-state index in [0.717, 1.165) is 5.56 Å². The number of nitrogens with zero attached hydrogens (tertiary/aromatic N) is 3. The molecule has 2 aliphatic rings. The van der Waals surface area contributed by atoms with Crippen molar-refractivity contribution in [1.82, 2.24) is 14.9 Å². The molecular weight excluding hydrogens is 270 g/mol. The van der Waals surface area contributed by atoms with Crippen molar-refractivity contribution in [3.8, 4) is 0 Å². The van der Waals surface area contributed by atoms with E-state index in [0.29, 0.717) is 18.7 Å². The van der Waals surface area contributed by atoms with Crippen molar-refractivity contribution in [2.24, 2.45) is 0 Å². The molecule has 0 aromatic carbocycles. The van der Waals surface area contributed by atoms with Gasteiger partial charge in [0.15, 0.2) is 0 Å². The van der Waals surface area contributed by atoms with Crippen LogP contribution in [0.5, 0.6) is 0 Å². The predicted octanol–water partition coefficient (Wildman–Crippen LogP) is 1.72. The molecule has 0 unspecified atom stereocenters. The van der Waals surface area contributed by atoms with Gasteiger partial charge in [-0.15, -0.1) is 0 Å². The van der Waals surface area contributed by atoms with Crippen molar-refractivity contribution in [2.45, 2.75) is 37.8 Å². The lowest BCUT2D eigenvalue weighted by molar-refractivity contribution is -0.0794. The summed E-state index contributed by atoms with van der Waals surface area (Å²) in [5, 5.41) is 11.8. The Morgan fingerprint density at radius 3 is 2.90 bits per heavy atom. The van der Waals surface area contributed by atoms with Crippen LogP contribution in [0.2, 0.25) is 0 Å². The van der Waals surface area contributed by atoms with Crippen LogP contribution in [0.15, 0.2) is 6.20 Å². The first-order valence-corrected chi connectivity index (χ1v) is 6.40. The van der Waals surface area contributed by atoms with Crippen LogP contribution >= 0.6 is 0 Å². The zero-order valence-electron chi connectivity index (χ0n) is 10.6. The molecule has 1 aromatic heterocycles. The molecule has 1 aliphatic heterocycles. The van der Waals surface area contributed by atoms with Crippen molar-refractivity contribution in [1.29, 1.82) is 0 Å². The molecule has 6 nitrogen and oxygen atoms in total. The largest absolute Gasteiger partial charge is 0.465 e. The van der Waals surface area contributed by atoms with Gasteiger partial charge in [-0.25, -0.2) is 23.5 Å². The first-order chi connectivity index (χ1) is 9.43. The SMILES string of the molecule is O=C(O)N1CCc2cnc(NC3CC(F)(F)C3)nc2C1. The molecular formula is C12H14F2N4O2. The number of hydrogen-bond acceptors (Lipinski definition) is 4. The molecule has 2 N–H and O–H groups in total. The van der Waals surface area contributed by atoms with Crippen LogP contribution in [-0.4, -0.2) is 44.6 Å². The van der Waals surface area contributed by atoms with E-state index in [1.165, 1.54) is 4.90 Å². The molecule has 20 heavy (non-hydrogen) atoms. The fraction of sp³-hybridized carbons (Fsp3) is 0.583. The van der Waals surface area contributed by atoms with Gasteiger partial charge >= 0.3 is 6.09 Å². The quantitative estimate of drug-likeness (QED) is 0.864. The Labute approximate surface area is 113 Å². The Bertz CT molecular complexity index is 544. The number of rotatable bonds is 2. The van der Waals surface area contributed by atoms with Gasteiger partial charge in [-0.2, -0.15) is 0 Å². The van der Waals surface area contributed by atoms with Gasteiger partial charge in [0.2, 0.25) is 5.95 Å². The Morgan fingerprint density at radius 1 is 1.50 bits per heavy atom. The van der Waals surface area contributed by atoms with Crippen molar-refractivity contribution in [3.05, 3.63) is 17.5 Å². The molecule has 1 saturated carbocycles. The maximum atomic E-state index is 12.8. The summed E-state index contributed by atoms with van der Waals surface area (Å²) in [7, 11) is 0. The molecule has 1 aromatic rings. The third-order valence-electron chi connectivity index (χ3n) is 3.64. The average Bonchev–Trinajstić information content (AvgIpc) is 2.35. The van der Waals surface area contributed by atoms with E-state index in [1.54, 1.807) is 6.20 Å². The van der Waals surface area contributed by atoms with E-state index in [1.807, 2.05) is 0 Å². The number of aromatic nitrogens is 2. The standard InChI is InChI=1S/C12H14F2N4O2/c13-12(14)3-8(4-12)16-10-15-5-7-1-2-18(11(19)20)6-9(7)17-10/h5,8H,1-4,6H2,(H,19,20)(H,15,16,17). The van der Waals surface area contributed by atoms with Gasteiger partial charge in [0.25, 0.3) is 5.92 Å². The van der Waals surface area contributed by atoms with Crippen LogP contribution in [0.25, 0.3) is 0 Å². The highest BCUT2D eigenvalue weighted by molar-refractivity contribution is 5.65. The summed E-state index contributed by atoms with van der Waals surface area (Å²) in [6.45, 7) is 0.635. The van der Waals surface area contributed by atoms with E-state index < -0.39 is 12.0 Å². The van der Waals surface area contributed by atoms with E-state index >= 15 is 0 Å². The molecule has 0 spiro atoms. The van der Waals surface area contributed by atoms with Crippen molar-refractivity contribution in [3.63, 3.8) is 0 Å². The third kappa shape index (κ3) is 2.50. The van der Waals surface area contributed by atoms with Gasteiger partial charge in [0.05, 0.1) is 12.2 Å². The highest BCUT2D eigenvalue weighted by atomic mass is 19.3. The average molecular weight is 284 g/mol. The Kier molecular flexibility index (Phi) is 2.95. The highest BCUT2D eigenvalue weighted by Gasteiger charge is 2.45. The van der Waals surface area contributed by atoms with Crippen molar-refractivity contribution < 1.29 is 18.7 Å². The van der Waals surface area contributed by atoms with Crippen LogP contribution in [0, 0.1) is 0 Å². The molecule has 8 heteroatoms. The van der Waals surface area contributed by atoms with Gasteiger partial charge < -0.3 is 15.3 Å². The summed E-state index contributed by atoms with van der Waals surface area (Å²) in [4.78, 5) is 20.6. The minimum Gasteiger partial charge on any atom is -0.465 e. The van der Waals surface area contributed by atoms with Gasteiger partial charge in [-0.1, -0.05) is 0 Å². The molecule has 0 saturated heterocycles. The predicted molar refractivity (Wildman–Crippen MR) is 65.8 cm³/mol. The molecule has 2 heterocycles. The zero-order valence-corrected chi connectivity index (χ0v) is 10.6. The molecule has 108 valence electrons. The molecule has 1 aliphatic carbocycles. The minimum absolute atomic E-state index is 0.211. The second-order valence-electron chi connectivity index (χ2n) is 5.23. The van der Waals surface area contributed by atoms with Gasteiger partial charge in [0.1, 0.15) is 0 Å². The number of amides is 1. The lowest BCUT2D eigenvalue weighted by Gasteiger charge is -2.35. The maximum Gasteiger partial charge on any atom is 0.407 e. The smallest absolute Gasteiger partial charge is 0.407 e. The number of anilines is 1. The first-order valence-electron chi connectivity index (χ1n) is 6.40. The van der Waals surface area contributed by atoms with E-state index in [2.05, 4.69) is 15.3 Å². The number of hydrogen-bond donors (Lipinski definition) is 2. The molecule has 0 radical (unpaired) electrons. The van der Waals surface area contributed by atoms with E-state index in [4.69, 9.17) is 5.11 Å². The summed E-state index contributed by atoms with van der Waals surface area (Å²) in [6, 6.07) is -0.317. The van der Waals surface area contributed by atoms with Crippen molar-refractivity contribution >= 4 is 12.0 Å². The highest BCUT2D eigenvalue weighted by Crippen LogP contribution is 2.38. The summed E-state index contributed by atoms with van der Waals surface area (Å²) >= 11 is 0. The molecule has 0 atom stereocenters. The molecule has 0 bridgehead atoms. The van der Waals surface area contributed by atoms with Gasteiger partial charge in [-0.05, 0) is 12.0 Å². The number of fused-ring (bicyclic) bond motifs is 1. The molecule has 1 amide bonds. The lowest BCUT2D eigenvalue weighted by atomic mass is 9.88. The maximum absolute atomic E-state index is 12.8. The second kappa shape index (κ2) is 4.53. The van der Waals surface area contributed by atoms with E-state index in [9.17, 15) is 13.6 Å². The summed E-state index contributed by atoms with van der Waals surface area (Å²) in [5.74, 6) is -2.30. The topological polar surface area (TPSA) is 78.3 Å². The summed E-state index contributed by atoms with van der Waals surface area (Å²) < 4.78 is 25.5. The van der Waals surface area contributed by atoms with Crippen LogP contribution < -0.4 is 5.32 Å². The Hall–Kier alpha value is -1.99. The number of halogens is 2. The Morgan fingerprint density at radius 2 is 2.25 bits per heavy atom. The minimum atomic E-state index is -2.59. The van der Waals surface area contributed by atoms with E-state index in [-0.39, 0.29) is 31.4 Å². The number of carbonyl (C=O) groups is 1. The fourth-order valence-electron chi connectivity index (χ4n) is 2.48. The summed E-state index contributed by atoms with van der Waals surface area (Å²) in [6.07, 6.45) is 0.801. The molecule has 1 fully saturated rings. The third-order valence-corrected chi connectivity index (χ3v) is 3.64. The zero-order chi connectivity index (χ0) is 14.3. The fourth-order valence-corrected chi connectivity index (χ4v) is 2.48. The van der Waals surface area contributed by atoms with Crippen LogP contribution in [-0.2, 0) is 13.0 Å². The van der Waals surface area contributed by atoms with Crippen LogP contribution in [0.1, 0.15) is 24.1 Å². The van der Waals surface area contributed by atoms with Gasteiger partial charge in [-0.3, -0.25) is 0 Å². The second-order valence-corrected chi connectivity index (χ2v) is 5.23. The van der Waals surface area contributed by atoms with Gasteiger partial charge in [0, 0.05) is 31.6 Å². The van der Waals surface area contributed by atoms with Crippen LogP contribution in [0.4, 0.5) is 19.5 Å².